The lowest BCUT2D eigenvalue weighted by atomic mass is 9.78. The quantitative estimate of drug-likeness (QED) is 0.0668. The zero-order chi connectivity index (χ0) is 40.7. The molecule has 6 rings (SSSR count). The van der Waals surface area contributed by atoms with Crippen LogP contribution in [0.4, 0.5) is 5.69 Å². The van der Waals surface area contributed by atoms with E-state index in [2.05, 4.69) is 10.3 Å². The highest BCUT2D eigenvalue weighted by Gasteiger charge is 2.32. The number of amides is 2. The highest BCUT2D eigenvalue weighted by atomic mass is 16.5. The van der Waals surface area contributed by atoms with E-state index in [0.29, 0.717) is 45.1 Å². The van der Waals surface area contributed by atoms with E-state index in [9.17, 15) is 19.2 Å². The van der Waals surface area contributed by atoms with Gasteiger partial charge in [0.25, 0.3) is 0 Å². The Balaban J connectivity index is 1.32. The van der Waals surface area contributed by atoms with E-state index in [1.165, 1.54) is 13.8 Å². The molecule has 10 nitrogen and oxygen atoms in total. The summed E-state index contributed by atoms with van der Waals surface area (Å²) in [6.07, 6.45) is 0.172. The number of rotatable bonds is 9. The van der Waals surface area contributed by atoms with Crippen LogP contribution >= 0.6 is 0 Å². The molecule has 4 aromatic carbocycles. The van der Waals surface area contributed by atoms with E-state index in [1.807, 2.05) is 104 Å². The maximum atomic E-state index is 13.8. The number of nitrogens with one attached hydrogen (secondary N) is 1. The Morgan fingerprint density at radius 3 is 1.84 bits per heavy atom. The molecule has 0 fully saturated rings. The lowest BCUT2D eigenvalue weighted by Gasteiger charge is -2.29. The van der Waals surface area contributed by atoms with Crippen molar-refractivity contribution in [1.82, 2.24) is 4.98 Å². The summed E-state index contributed by atoms with van der Waals surface area (Å²) in [6, 6.07) is 22.2. The summed E-state index contributed by atoms with van der Waals surface area (Å²) in [7, 11) is 0. The molecule has 1 aliphatic carbocycles. The van der Waals surface area contributed by atoms with E-state index >= 15 is 0 Å². The van der Waals surface area contributed by atoms with Crippen LogP contribution in [0.1, 0.15) is 87.8 Å². The standard InChI is InChI=1S/C46H47N3O7/c1-25-17-27(3)42(37(19-25)54-29(5)50)45(7,8)23-40(52)47-31-15-16-34-36(21-31)56-39-22-35(32-13-11-12-14-33(32)44(39)49-34)48-41(53)24-46(9,10)43-28(4)18-26(2)20-38(43)55-30(6)51/h11-22H,23-24H2,1-10H3,(H,47,52)/b48-35-. The van der Waals surface area contributed by atoms with Crippen LogP contribution in [0.15, 0.2) is 82.2 Å². The van der Waals surface area contributed by atoms with Gasteiger partial charge in [0.1, 0.15) is 22.7 Å². The minimum Gasteiger partial charge on any atom is -0.453 e. The SMILES string of the molecule is CC(=O)Oc1cc(C)cc(C)c1C(C)(C)CC(=O)/N=c1/cc2oc3cc(NC(=O)CC(C)(C)c4c(C)cc(C)cc4OC(C)=O)ccc3nc-2c2ccccc12. The number of aromatic nitrogens is 1. The summed E-state index contributed by atoms with van der Waals surface area (Å²) in [5.74, 6) is -0.124. The fraction of sp³-hybridized carbons (Fsp3) is 0.304. The summed E-state index contributed by atoms with van der Waals surface area (Å²) in [5.41, 5.74) is 6.10. The summed E-state index contributed by atoms with van der Waals surface area (Å²) in [6.45, 7) is 18.3. The van der Waals surface area contributed by atoms with Gasteiger partial charge in [0.15, 0.2) is 11.3 Å². The summed E-state index contributed by atoms with van der Waals surface area (Å²) in [5, 5.41) is 4.95. The van der Waals surface area contributed by atoms with E-state index < -0.39 is 22.8 Å². The van der Waals surface area contributed by atoms with Crippen LogP contribution in [0.3, 0.4) is 0 Å². The summed E-state index contributed by atoms with van der Waals surface area (Å²) < 4.78 is 17.6. The van der Waals surface area contributed by atoms with Crippen LogP contribution in [0, 0.1) is 27.7 Å². The number of anilines is 1. The molecule has 0 radical (unpaired) electrons. The first-order valence-corrected chi connectivity index (χ1v) is 18.6. The largest absolute Gasteiger partial charge is 0.453 e. The van der Waals surface area contributed by atoms with Gasteiger partial charge < -0.3 is 19.2 Å². The molecular weight excluding hydrogens is 707 g/mol. The van der Waals surface area contributed by atoms with Gasteiger partial charge in [-0.25, -0.2) is 9.98 Å². The predicted octanol–water partition coefficient (Wildman–Crippen LogP) is 9.27. The zero-order valence-corrected chi connectivity index (χ0v) is 33.6. The average Bonchev–Trinajstić information content (AvgIpc) is 3.05. The molecule has 0 bridgehead atoms. The van der Waals surface area contributed by atoms with E-state index in [4.69, 9.17) is 18.9 Å². The molecule has 4 aromatic rings. The van der Waals surface area contributed by atoms with E-state index in [-0.39, 0.29) is 24.7 Å². The molecule has 56 heavy (non-hydrogen) atoms. The predicted molar refractivity (Wildman–Crippen MR) is 217 cm³/mol. The highest BCUT2D eigenvalue weighted by molar-refractivity contribution is 5.98. The lowest BCUT2D eigenvalue weighted by molar-refractivity contribution is -0.133. The molecule has 10 heteroatoms. The molecule has 0 unspecified atom stereocenters. The second-order valence-electron chi connectivity index (χ2n) is 16.0. The first-order chi connectivity index (χ1) is 26.3. The minimum atomic E-state index is -0.711. The third-order valence-electron chi connectivity index (χ3n) is 9.84. The number of fused-ring (bicyclic) bond motifs is 4. The summed E-state index contributed by atoms with van der Waals surface area (Å²) in [4.78, 5) is 60.7. The number of nitrogens with zero attached hydrogens (tertiary/aromatic N) is 2. The Morgan fingerprint density at radius 1 is 0.714 bits per heavy atom. The van der Waals surface area contributed by atoms with Crippen LogP contribution < -0.4 is 20.1 Å². The monoisotopic (exact) mass is 753 g/mol. The first kappa shape index (κ1) is 39.5. The number of esters is 2. The Morgan fingerprint density at radius 2 is 1.27 bits per heavy atom. The zero-order valence-electron chi connectivity index (χ0n) is 33.6. The molecule has 2 amide bonds. The fourth-order valence-corrected chi connectivity index (χ4v) is 8.00. The number of benzene rings is 5. The van der Waals surface area contributed by atoms with Crippen molar-refractivity contribution in [3.05, 3.63) is 112 Å². The Labute approximate surface area is 326 Å². The molecule has 0 atom stereocenters. The van der Waals surface area contributed by atoms with Crippen molar-refractivity contribution in [3.8, 4) is 23.0 Å². The van der Waals surface area contributed by atoms with Gasteiger partial charge in [-0.05, 0) is 74.2 Å². The van der Waals surface area contributed by atoms with Crippen LogP contribution in [0.2, 0.25) is 0 Å². The highest BCUT2D eigenvalue weighted by Crippen LogP contribution is 2.40. The molecule has 0 aromatic heterocycles. The molecular formula is C46H47N3O7. The number of hydrogen-bond donors (Lipinski definition) is 1. The Kier molecular flexibility index (Phi) is 10.7. The minimum absolute atomic E-state index is 0.0546. The number of carbonyl (C=O) groups is 4. The third kappa shape index (κ3) is 8.39. The van der Waals surface area contributed by atoms with Crippen molar-refractivity contribution >= 4 is 51.3 Å². The van der Waals surface area contributed by atoms with Crippen LogP contribution in [0.5, 0.6) is 11.5 Å². The molecule has 0 saturated heterocycles. The molecule has 2 aliphatic rings. The number of aryl methyl sites for hydroxylation is 4. The smallest absolute Gasteiger partial charge is 0.308 e. The number of carbonyl (C=O) groups excluding carboxylic acids is 4. The Hall–Kier alpha value is -6.16. The van der Waals surface area contributed by atoms with Gasteiger partial charge in [-0.1, -0.05) is 64.1 Å². The van der Waals surface area contributed by atoms with Gasteiger partial charge in [0.2, 0.25) is 11.8 Å². The normalized spacial score (nSPS) is 12.3. The summed E-state index contributed by atoms with van der Waals surface area (Å²) >= 11 is 0. The van der Waals surface area contributed by atoms with Crippen molar-refractivity contribution in [3.63, 3.8) is 0 Å². The van der Waals surface area contributed by atoms with Crippen molar-refractivity contribution in [2.24, 2.45) is 4.99 Å². The van der Waals surface area contributed by atoms with Crippen LogP contribution in [-0.2, 0) is 30.0 Å². The molecule has 0 spiro atoms. The van der Waals surface area contributed by atoms with Gasteiger partial charge in [0.05, 0.1) is 5.36 Å². The molecule has 1 heterocycles. The average molecular weight is 754 g/mol. The van der Waals surface area contributed by atoms with Gasteiger partial charge in [-0.3, -0.25) is 19.2 Å². The van der Waals surface area contributed by atoms with Crippen LogP contribution in [-0.4, -0.2) is 28.7 Å². The van der Waals surface area contributed by atoms with Crippen molar-refractivity contribution in [2.45, 2.75) is 92.9 Å². The third-order valence-corrected chi connectivity index (χ3v) is 9.84. The maximum Gasteiger partial charge on any atom is 0.308 e. The van der Waals surface area contributed by atoms with Crippen molar-refractivity contribution < 1.29 is 33.1 Å². The fourth-order valence-electron chi connectivity index (χ4n) is 8.00. The van der Waals surface area contributed by atoms with E-state index in [1.54, 1.807) is 24.3 Å². The van der Waals surface area contributed by atoms with E-state index in [0.717, 1.165) is 44.2 Å². The van der Waals surface area contributed by atoms with Crippen molar-refractivity contribution in [2.75, 3.05) is 5.32 Å². The maximum absolute atomic E-state index is 13.8. The van der Waals surface area contributed by atoms with Gasteiger partial charge in [0, 0.05) is 77.2 Å². The van der Waals surface area contributed by atoms with Gasteiger partial charge in [-0.2, -0.15) is 0 Å². The second kappa shape index (κ2) is 15.2. The Bertz CT molecular complexity index is 2610. The molecule has 1 aliphatic heterocycles. The van der Waals surface area contributed by atoms with Gasteiger partial charge in [-0.15, -0.1) is 0 Å². The molecule has 288 valence electrons. The van der Waals surface area contributed by atoms with Crippen molar-refractivity contribution in [1.29, 1.82) is 0 Å². The number of hydrogen-bond acceptors (Lipinski definition) is 8. The van der Waals surface area contributed by atoms with Gasteiger partial charge >= 0.3 is 11.9 Å². The van der Waals surface area contributed by atoms with Crippen LogP contribution in [0.25, 0.3) is 33.3 Å². The second-order valence-corrected chi connectivity index (χ2v) is 16.0. The molecule has 0 saturated carbocycles. The topological polar surface area (TPSA) is 137 Å². The lowest BCUT2D eigenvalue weighted by Crippen LogP contribution is -2.27. The number of ether oxygens (including phenoxy) is 2. The molecule has 1 N–H and O–H groups in total. The first-order valence-electron chi connectivity index (χ1n) is 18.6.